The Labute approximate surface area is 163 Å². The summed E-state index contributed by atoms with van der Waals surface area (Å²) in [6, 6.07) is 19.2. The maximum absolute atomic E-state index is 11.8. The van der Waals surface area contributed by atoms with Gasteiger partial charge in [-0.15, -0.1) is 11.3 Å². The molecule has 0 bridgehead atoms. The van der Waals surface area contributed by atoms with E-state index in [1.54, 1.807) is 6.07 Å². The van der Waals surface area contributed by atoms with Crippen LogP contribution >= 0.6 is 39.5 Å². The summed E-state index contributed by atoms with van der Waals surface area (Å²) in [6.45, 7) is 0. The molecular formula is C18H14BrN3OS2. The van der Waals surface area contributed by atoms with Crippen molar-refractivity contribution in [1.82, 2.24) is 0 Å². The highest BCUT2D eigenvalue weighted by atomic mass is 79.9. The van der Waals surface area contributed by atoms with E-state index in [0.717, 1.165) is 20.6 Å². The highest BCUT2D eigenvalue weighted by Crippen LogP contribution is 2.35. The van der Waals surface area contributed by atoms with Crippen LogP contribution in [0.4, 0.5) is 10.7 Å². The maximum Gasteiger partial charge on any atom is 0.251 e. The number of anilines is 2. The standard InChI is InChI=1S/C18H14BrN3OS2/c19-12-6-8-13(9-7-12)21-18(24)22-17-14(16(20)23)10-15(25-17)11-4-2-1-3-5-11/h1-10H,(H2,20,23)(H2,21,22,24). The molecule has 4 nitrogen and oxygen atoms in total. The summed E-state index contributed by atoms with van der Waals surface area (Å²) in [5, 5.41) is 7.18. The topological polar surface area (TPSA) is 67.2 Å². The van der Waals surface area contributed by atoms with Crippen molar-refractivity contribution in [2.75, 3.05) is 10.6 Å². The van der Waals surface area contributed by atoms with Gasteiger partial charge in [-0.3, -0.25) is 4.79 Å². The molecule has 0 saturated heterocycles. The average molecular weight is 432 g/mol. The fraction of sp³-hybridized carbons (Fsp3) is 0. The van der Waals surface area contributed by atoms with Gasteiger partial charge in [-0.25, -0.2) is 0 Å². The predicted octanol–water partition coefficient (Wildman–Crippen LogP) is 5.09. The van der Waals surface area contributed by atoms with Gasteiger partial charge < -0.3 is 16.4 Å². The molecule has 0 atom stereocenters. The molecule has 0 fully saturated rings. The SMILES string of the molecule is NC(=O)c1cc(-c2ccccc2)sc1NC(=S)Nc1ccc(Br)cc1. The van der Waals surface area contributed by atoms with Gasteiger partial charge in [0.05, 0.1) is 5.56 Å². The van der Waals surface area contributed by atoms with Crippen molar-refractivity contribution < 1.29 is 4.79 Å². The first kappa shape index (κ1) is 17.6. The Kier molecular flexibility index (Phi) is 5.47. The lowest BCUT2D eigenvalue weighted by Crippen LogP contribution is -2.21. The van der Waals surface area contributed by atoms with Gasteiger partial charge in [-0.2, -0.15) is 0 Å². The van der Waals surface area contributed by atoms with E-state index < -0.39 is 5.91 Å². The van der Waals surface area contributed by atoms with Crippen LogP contribution in [-0.2, 0) is 0 Å². The third-order valence-corrected chi connectivity index (χ3v) is 5.22. The molecule has 0 aliphatic heterocycles. The minimum Gasteiger partial charge on any atom is -0.366 e. The van der Waals surface area contributed by atoms with Crippen molar-refractivity contribution in [1.29, 1.82) is 0 Å². The van der Waals surface area contributed by atoms with Crippen LogP contribution in [0.3, 0.4) is 0 Å². The minimum atomic E-state index is -0.493. The summed E-state index contributed by atoms with van der Waals surface area (Å²) in [7, 11) is 0. The molecule has 126 valence electrons. The lowest BCUT2D eigenvalue weighted by molar-refractivity contribution is 0.100. The number of hydrogen-bond donors (Lipinski definition) is 3. The number of benzene rings is 2. The predicted molar refractivity (Wildman–Crippen MR) is 112 cm³/mol. The summed E-state index contributed by atoms with van der Waals surface area (Å²) in [5.74, 6) is -0.493. The molecule has 0 radical (unpaired) electrons. The lowest BCUT2D eigenvalue weighted by atomic mass is 10.1. The Bertz CT molecular complexity index is 908. The molecular weight excluding hydrogens is 418 g/mol. The molecule has 3 rings (SSSR count). The zero-order valence-electron chi connectivity index (χ0n) is 13.0. The van der Waals surface area contributed by atoms with E-state index in [1.165, 1.54) is 11.3 Å². The lowest BCUT2D eigenvalue weighted by Gasteiger charge is -2.10. The normalized spacial score (nSPS) is 10.3. The monoisotopic (exact) mass is 431 g/mol. The smallest absolute Gasteiger partial charge is 0.251 e. The Balaban J connectivity index is 1.81. The number of primary amides is 1. The van der Waals surface area contributed by atoms with Crippen LogP contribution in [-0.4, -0.2) is 11.0 Å². The summed E-state index contributed by atoms with van der Waals surface area (Å²) in [4.78, 5) is 12.7. The summed E-state index contributed by atoms with van der Waals surface area (Å²) in [5.41, 5.74) is 7.80. The van der Waals surface area contributed by atoms with Crippen LogP contribution in [0.25, 0.3) is 10.4 Å². The van der Waals surface area contributed by atoms with Crippen molar-refractivity contribution in [3.05, 3.63) is 70.7 Å². The quantitative estimate of drug-likeness (QED) is 0.503. The molecule has 0 saturated carbocycles. The van der Waals surface area contributed by atoms with E-state index in [9.17, 15) is 4.79 Å². The Morgan fingerprint density at radius 1 is 1.04 bits per heavy atom. The van der Waals surface area contributed by atoms with Crippen molar-refractivity contribution >= 4 is 61.2 Å². The molecule has 1 heterocycles. The Hall–Kier alpha value is -2.22. The second-order valence-corrected chi connectivity index (χ2v) is 7.55. The van der Waals surface area contributed by atoms with Gasteiger partial charge in [0.1, 0.15) is 5.00 Å². The van der Waals surface area contributed by atoms with E-state index >= 15 is 0 Å². The zero-order valence-corrected chi connectivity index (χ0v) is 16.2. The third-order valence-electron chi connectivity index (χ3n) is 3.38. The van der Waals surface area contributed by atoms with Crippen molar-refractivity contribution in [3.63, 3.8) is 0 Å². The fourth-order valence-electron chi connectivity index (χ4n) is 2.21. The van der Waals surface area contributed by atoms with Gasteiger partial charge in [-0.05, 0) is 48.1 Å². The van der Waals surface area contributed by atoms with Crippen LogP contribution in [0.5, 0.6) is 0 Å². The molecule has 0 aliphatic carbocycles. The largest absolute Gasteiger partial charge is 0.366 e. The van der Waals surface area contributed by atoms with E-state index in [0.29, 0.717) is 15.7 Å². The molecule has 25 heavy (non-hydrogen) atoms. The van der Waals surface area contributed by atoms with Crippen molar-refractivity contribution in [2.24, 2.45) is 5.73 Å². The highest BCUT2D eigenvalue weighted by Gasteiger charge is 2.15. The summed E-state index contributed by atoms with van der Waals surface area (Å²) >= 11 is 10.2. The molecule has 3 aromatic rings. The van der Waals surface area contributed by atoms with Crippen LogP contribution in [0.1, 0.15) is 10.4 Å². The highest BCUT2D eigenvalue weighted by molar-refractivity contribution is 9.10. The number of nitrogens with one attached hydrogen (secondary N) is 2. The van der Waals surface area contributed by atoms with Crippen molar-refractivity contribution in [2.45, 2.75) is 0 Å². The Morgan fingerprint density at radius 2 is 1.72 bits per heavy atom. The van der Waals surface area contributed by atoms with E-state index in [1.807, 2.05) is 54.6 Å². The first-order valence-corrected chi connectivity index (χ1v) is 9.37. The van der Waals surface area contributed by atoms with Crippen LogP contribution in [0, 0.1) is 0 Å². The molecule has 1 aromatic heterocycles. The van der Waals surface area contributed by atoms with Gasteiger partial charge in [0.25, 0.3) is 5.91 Å². The molecule has 1 amide bonds. The minimum absolute atomic E-state index is 0.395. The molecule has 0 unspecified atom stereocenters. The number of carbonyl (C=O) groups excluding carboxylic acids is 1. The molecule has 2 aromatic carbocycles. The maximum atomic E-state index is 11.8. The zero-order chi connectivity index (χ0) is 17.8. The first-order valence-electron chi connectivity index (χ1n) is 7.35. The number of rotatable bonds is 4. The second-order valence-electron chi connectivity index (χ2n) is 5.17. The van der Waals surface area contributed by atoms with Gasteiger partial charge >= 0.3 is 0 Å². The van der Waals surface area contributed by atoms with Gasteiger partial charge in [0, 0.05) is 15.0 Å². The fourth-order valence-corrected chi connectivity index (χ4v) is 3.83. The summed E-state index contributed by atoms with van der Waals surface area (Å²) in [6.07, 6.45) is 0. The van der Waals surface area contributed by atoms with Crippen LogP contribution in [0.15, 0.2) is 65.1 Å². The number of thiophene rings is 1. The molecule has 7 heteroatoms. The van der Waals surface area contributed by atoms with Crippen LogP contribution in [0.2, 0.25) is 0 Å². The van der Waals surface area contributed by atoms with E-state index in [-0.39, 0.29) is 0 Å². The first-order chi connectivity index (χ1) is 12.0. The number of carbonyl (C=O) groups is 1. The number of hydrogen-bond acceptors (Lipinski definition) is 3. The van der Waals surface area contributed by atoms with Gasteiger partial charge in [-0.1, -0.05) is 46.3 Å². The van der Waals surface area contributed by atoms with Crippen LogP contribution < -0.4 is 16.4 Å². The van der Waals surface area contributed by atoms with Crippen molar-refractivity contribution in [3.8, 4) is 10.4 Å². The van der Waals surface area contributed by atoms with E-state index in [4.69, 9.17) is 18.0 Å². The van der Waals surface area contributed by atoms with E-state index in [2.05, 4.69) is 26.6 Å². The number of amides is 1. The molecule has 0 spiro atoms. The second kappa shape index (κ2) is 7.77. The van der Waals surface area contributed by atoms with Gasteiger partial charge in [0.2, 0.25) is 0 Å². The molecule has 4 N–H and O–H groups in total. The summed E-state index contributed by atoms with van der Waals surface area (Å²) < 4.78 is 0.985. The molecule has 0 aliphatic rings. The average Bonchev–Trinajstić information content (AvgIpc) is 3.02. The number of thiocarbonyl (C=S) groups is 1. The third kappa shape index (κ3) is 4.45. The number of nitrogens with two attached hydrogens (primary N) is 1. The Morgan fingerprint density at radius 3 is 2.36 bits per heavy atom. The number of halogens is 1. The van der Waals surface area contributed by atoms with Gasteiger partial charge in [0.15, 0.2) is 5.11 Å².